The monoisotopic (exact) mass is 505 g/mol. The van der Waals surface area contributed by atoms with Crippen molar-refractivity contribution < 1.29 is 15.3 Å². The zero-order valence-corrected chi connectivity index (χ0v) is 23.0. The summed E-state index contributed by atoms with van der Waals surface area (Å²) in [5.74, 6) is 1.62. The van der Waals surface area contributed by atoms with Gasteiger partial charge in [0.05, 0.1) is 18.3 Å². The Labute approximate surface area is 223 Å². The molecule has 0 amide bonds. The second-order valence-electron chi connectivity index (χ2n) is 12.8. The molecule has 0 spiro atoms. The lowest BCUT2D eigenvalue weighted by Gasteiger charge is -2.44. The van der Waals surface area contributed by atoms with Crippen LogP contribution < -0.4 is 0 Å². The third-order valence-electron chi connectivity index (χ3n) is 10.6. The molecule has 0 unspecified atom stereocenters. The van der Waals surface area contributed by atoms with Crippen LogP contribution in [0, 0.1) is 23.2 Å². The molecule has 0 saturated heterocycles. The van der Waals surface area contributed by atoms with E-state index in [1.807, 2.05) is 0 Å². The summed E-state index contributed by atoms with van der Waals surface area (Å²) in [7, 11) is 0. The van der Waals surface area contributed by atoms with Gasteiger partial charge in [-0.05, 0) is 104 Å². The van der Waals surface area contributed by atoms with Gasteiger partial charge in [0.1, 0.15) is 0 Å². The van der Waals surface area contributed by atoms with E-state index >= 15 is 0 Å². The first kappa shape index (κ1) is 26.7. The summed E-state index contributed by atoms with van der Waals surface area (Å²) in [6.07, 6.45) is 17.4. The van der Waals surface area contributed by atoms with Gasteiger partial charge >= 0.3 is 0 Å². The number of fused-ring (bicyclic) bond motifs is 1. The van der Waals surface area contributed by atoms with Crippen LogP contribution in [0.1, 0.15) is 89.9 Å². The molecule has 0 aliphatic heterocycles. The molecular formula is C33H47NO3. The zero-order chi connectivity index (χ0) is 26.4. The van der Waals surface area contributed by atoms with E-state index in [0.717, 1.165) is 36.8 Å². The summed E-state index contributed by atoms with van der Waals surface area (Å²) in [4.78, 5) is 3.54. The molecule has 0 radical (unpaired) electrons. The average Bonchev–Trinajstić information content (AvgIpc) is 3.39. The van der Waals surface area contributed by atoms with Crippen molar-refractivity contribution in [3.8, 4) is 0 Å². The van der Waals surface area contributed by atoms with E-state index < -0.39 is 18.3 Å². The van der Waals surface area contributed by atoms with Crippen molar-refractivity contribution in [2.24, 2.45) is 23.2 Å². The van der Waals surface area contributed by atoms with Crippen molar-refractivity contribution in [2.75, 3.05) is 0 Å². The lowest BCUT2D eigenvalue weighted by Crippen LogP contribution is -2.35. The highest BCUT2D eigenvalue weighted by atomic mass is 16.3. The Morgan fingerprint density at radius 1 is 1.14 bits per heavy atom. The van der Waals surface area contributed by atoms with Crippen molar-refractivity contribution in [1.82, 2.24) is 4.98 Å². The summed E-state index contributed by atoms with van der Waals surface area (Å²) >= 11 is 0. The molecule has 7 atom stereocenters. The minimum absolute atomic E-state index is 0.121. The molecule has 4 aliphatic rings. The van der Waals surface area contributed by atoms with Gasteiger partial charge in [-0.1, -0.05) is 57.2 Å². The molecule has 1 aromatic rings. The first-order valence-corrected chi connectivity index (χ1v) is 14.7. The molecule has 1 aromatic heterocycles. The number of allylic oxidation sites excluding steroid dienone is 4. The van der Waals surface area contributed by atoms with Crippen LogP contribution in [0.15, 0.2) is 59.7 Å². The summed E-state index contributed by atoms with van der Waals surface area (Å²) in [5, 5.41) is 31.5. The summed E-state index contributed by atoms with van der Waals surface area (Å²) in [5.41, 5.74) is 5.87. The number of aliphatic hydroxyl groups excluding tert-OH is 3. The fourth-order valence-electron chi connectivity index (χ4n) is 8.00. The molecule has 37 heavy (non-hydrogen) atoms. The predicted octanol–water partition coefficient (Wildman–Crippen LogP) is 6.30. The minimum Gasteiger partial charge on any atom is -0.393 e. The third-order valence-corrected chi connectivity index (χ3v) is 10.6. The zero-order valence-electron chi connectivity index (χ0n) is 23.0. The molecule has 1 heterocycles. The highest BCUT2D eigenvalue weighted by molar-refractivity contribution is 5.39. The molecule has 4 heteroatoms. The Hall–Kier alpha value is -1.88. The standard InChI is InChI=1S/C33H47NO3/c1-5-25-11-14-30(34-25)33(17-18-33)31(37)15-8-21(2)27-12-13-28-23(7-6-16-32(27,28)4)9-10-24-19-26(35)20-29(36)22(24)3/h8-11,14-15,21,26-29,31,34-37H,3,5-7,12-13,16-20H2,1-2,4H3/t21-,26-,27-,28+,29+,31-,32-/m1/s1. The van der Waals surface area contributed by atoms with Crippen LogP contribution in [-0.4, -0.2) is 38.6 Å². The van der Waals surface area contributed by atoms with E-state index in [4.69, 9.17) is 0 Å². The fraction of sp³-hybridized carbons (Fsp3) is 0.636. The summed E-state index contributed by atoms with van der Waals surface area (Å²) < 4.78 is 0. The molecule has 4 saturated carbocycles. The first-order valence-electron chi connectivity index (χ1n) is 14.7. The van der Waals surface area contributed by atoms with Crippen molar-refractivity contribution >= 4 is 0 Å². The number of aryl methyl sites for hydroxylation is 1. The Bertz CT molecular complexity index is 1090. The number of aromatic amines is 1. The molecule has 202 valence electrons. The maximum Gasteiger partial charge on any atom is 0.0831 e. The van der Waals surface area contributed by atoms with Gasteiger partial charge in [-0.15, -0.1) is 0 Å². The number of hydrogen-bond donors (Lipinski definition) is 4. The lowest BCUT2D eigenvalue weighted by atomic mass is 9.61. The van der Waals surface area contributed by atoms with Crippen LogP contribution in [0.2, 0.25) is 0 Å². The van der Waals surface area contributed by atoms with Crippen LogP contribution in [0.5, 0.6) is 0 Å². The Balaban J connectivity index is 1.28. The SMILES string of the molecule is C=C1C(=CC=C2CCC[C@]3(C)[C@@H]([C@H](C)C=C[C@@H](O)C4(c5ccc(CC)[nH]5)CC4)CC[C@@H]23)C[C@@H](O)C[C@@H]1O. The number of hydrogen-bond acceptors (Lipinski definition) is 3. The van der Waals surface area contributed by atoms with Crippen LogP contribution in [0.25, 0.3) is 0 Å². The second-order valence-corrected chi connectivity index (χ2v) is 12.8. The quantitative estimate of drug-likeness (QED) is 0.328. The van der Waals surface area contributed by atoms with Gasteiger partial charge in [0, 0.05) is 23.2 Å². The molecule has 5 rings (SSSR count). The fourth-order valence-corrected chi connectivity index (χ4v) is 8.00. The molecular weight excluding hydrogens is 458 g/mol. The van der Waals surface area contributed by atoms with Gasteiger partial charge in [-0.2, -0.15) is 0 Å². The van der Waals surface area contributed by atoms with Gasteiger partial charge in [0.25, 0.3) is 0 Å². The van der Waals surface area contributed by atoms with Crippen LogP contribution in [0.3, 0.4) is 0 Å². The van der Waals surface area contributed by atoms with Gasteiger partial charge in [-0.3, -0.25) is 0 Å². The lowest BCUT2D eigenvalue weighted by molar-refractivity contribution is 0.0862. The number of rotatable bonds is 7. The molecule has 0 aromatic carbocycles. The van der Waals surface area contributed by atoms with E-state index in [-0.39, 0.29) is 10.8 Å². The van der Waals surface area contributed by atoms with E-state index in [1.165, 1.54) is 42.6 Å². The molecule has 4 N–H and O–H groups in total. The Morgan fingerprint density at radius 2 is 1.92 bits per heavy atom. The Morgan fingerprint density at radius 3 is 2.62 bits per heavy atom. The average molecular weight is 506 g/mol. The highest BCUT2D eigenvalue weighted by Gasteiger charge is 2.52. The smallest absolute Gasteiger partial charge is 0.0831 e. The van der Waals surface area contributed by atoms with Crippen molar-refractivity contribution in [1.29, 1.82) is 0 Å². The van der Waals surface area contributed by atoms with Crippen molar-refractivity contribution in [3.05, 3.63) is 71.1 Å². The number of H-pyrrole nitrogens is 1. The van der Waals surface area contributed by atoms with Crippen LogP contribution >= 0.6 is 0 Å². The maximum atomic E-state index is 11.2. The van der Waals surface area contributed by atoms with Crippen LogP contribution in [-0.2, 0) is 11.8 Å². The summed E-state index contributed by atoms with van der Waals surface area (Å²) in [6, 6.07) is 4.33. The summed E-state index contributed by atoms with van der Waals surface area (Å²) in [6.45, 7) is 11.1. The highest BCUT2D eigenvalue weighted by Crippen LogP contribution is 2.60. The number of aliphatic hydroxyl groups is 3. The molecule has 4 aliphatic carbocycles. The first-order chi connectivity index (χ1) is 17.7. The molecule has 4 nitrogen and oxygen atoms in total. The Kier molecular flexibility index (Phi) is 7.48. The van der Waals surface area contributed by atoms with E-state index in [2.05, 4.69) is 68.8 Å². The number of nitrogens with one attached hydrogen (secondary N) is 1. The van der Waals surface area contributed by atoms with E-state index in [1.54, 1.807) is 0 Å². The van der Waals surface area contributed by atoms with Gasteiger partial charge < -0.3 is 20.3 Å². The van der Waals surface area contributed by atoms with E-state index in [9.17, 15) is 15.3 Å². The third kappa shape index (κ3) is 4.97. The normalized spacial score (nSPS) is 37.3. The van der Waals surface area contributed by atoms with E-state index in [0.29, 0.717) is 30.6 Å². The van der Waals surface area contributed by atoms with Gasteiger partial charge in [0.15, 0.2) is 0 Å². The van der Waals surface area contributed by atoms with Crippen LogP contribution in [0.4, 0.5) is 0 Å². The predicted molar refractivity (Wildman–Crippen MR) is 150 cm³/mol. The second kappa shape index (κ2) is 10.4. The number of aromatic nitrogens is 1. The van der Waals surface area contributed by atoms with Crippen molar-refractivity contribution in [2.45, 2.75) is 109 Å². The molecule has 4 fully saturated rings. The van der Waals surface area contributed by atoms with Gasteiger partial charge in [0.2, 0.25) is 0 Å². The largest absolute Gasteiger partial charge is 0.393 e. The minimum atomic E-state index is -0.635. The molecule has 0 bridgehead atoms. The van der Waals surface area contributed by atoms with Gasteiger partial charge in [-0.25, -0.2) is 0 Å². The van der Waals surface area contributed by atoms with Crippen molar-refractivity contribution in [3.63, 3.8) is 0 Å². The maximum absolute atomic E-state index is 11.2. The topological polar surface area (TPSA) is 76.5 Å².